The number of hydrogen-bond donors (Lipinski definition) is 2. The Morgan fingerprint density at radius 1 is 0.627 bits per heavy atom. The number of rotatable bonds is 35. The van der Waals surface area contributed by atoms with Crippen molar-refractivity contribution < 1.29 is 19.7 Å². The number of aliphatic hydroxyl groups is 2. The number of carbonyl (C=O) groups excluding carboxylic acids is 1. The summed E-state index contributed by atoms with van der Waals surface area (Å²) in [7, 11) is 0. The molecule has 0 heterocycles. The molecule has 0 aromatic heterocycles. The summed E-state index contributed by atoms with van der Waals surface area (Å²) in [4.78, 5) is 12.6. The van der Waals surface area contributed by atoms with E-state index in [0.717, 1.165) is 77.0 Å². The average molecular weight is 825 g/mol. The molecule has 344 valence electrons. The minimum absolute atomic E-state index is 0.0406. The van der Waals surface area contributed by atoms with Crippen LogP contribution in [0.4, 0.5) is 0 Å². The lowest BCUT2D eigenvalue weighted by atomic mass is 9.79. The molecule has 0 aliphatic heterocycles. The molecule has 1 rings (SSSR count). The van der Waals surface area contributed by atoms with E-state index < -0.39 is 5.60 Å². The Hall–Kier alpha value is -1.65. The third kappa shape index (κ3) is 35.6. The van der Waals surface area contributed by atoms with Gasteiger partial charge in [-0.25, -0.2) is 0 Å². The molecular weight excluding hydrogens is 725 g/mol. The smallest absolute Gasteiger partial charge is 0.306 e. The summed E-state index contributed by atoms with van der Waals surface area (Å²) >= 11 is 0. The highest BCUT2D eigenvalue weighted by atomic mass is 16.5. The zero-order chi connectivity index (χ0) is 43.1. The molecule has 2 atom stereocenters. The molecule has 0 bridgehead atoms. The lowest BCUT2D eigenvalue weighted by Gasteiger charge is -2.33. The average Bonchev–Trinajstić information content (AvgIpc) is 3.20. The van der Waals surface area contributed by atoms with Gasteiger partial charge in [0, 0.05) is 13.0 Å². The molecule has 0 aromatic rings. The molecule has 4 heteroatoms. The number of ether oxygens (including phenoxy) is 1. The normalized spacial score (nSPS) is 19.4. The highest BCUT2D eigenvalue weighted by Crippen LogP contribution is 2.33. The Labute approximate surface area is 368 Å². The van der Waals surface area contributed by atoms with Gasteiger partial charge in [-0.1, -0.05) is 202 Å². The number of carbonyl (C=O) groups is 1. The Bertz CT molecular complexity index is 1110. The minimum Gasteiger partial charge on any atom is -0.461 e. The van der Waals surface area contributed by atoms with E-state index >= 15 is 0 Å². The van der Waals surface area contributed by atoms with Crippen molar-refractivity contribution in [1.82, 2.24) is 0 Å². The third-order valence-corrected chi connectivity index (χ3v) is 13.1. The van der Waals surface area contributed by atoms with Crippen LogP contribution in [-0.4, -0.2) is 35.0 Å². The largest absolute Gasteiger partial charge is 0.461 e. The molecule has 0 amide bonds. The first-order valence-electron chi connectivity index (χ1n) is 25.8. The van der Waals surface area contributed by atoms with Gasteiger partial charge in [0.1, 0.15) is 6.61 Å². The van der Waals surface area contributed by atoms with E-state index in [1.807, 2.05) is 6.92 Å². The molecule has 0 aromatic carbocycles. The van der Waals surface area contributed by atoms with Crippen LogP contribution in [0.2, 0.25) is 0 Å². The van der Waals surface area contributed by atoms with Gasteiger partial charge >= 0.3 is 5.97 Å². The highest BCUT2D eigenvalue weighted by Gasteiger charge is 2.30. The lowest BCUT2D eigenvalue weighted by molar-refractivity contribution is -0.142. The number of allylic oxidation sites excluding steroid dienone is 7. The molecule has 0 spiro atoms. The summed E-state index contributed by atoms with van der Waals surface area (Å²) in [6.45, 7) is 11.5. The maximum atomic E-state index is 12.6. The highest BCUT2D eigenvalue weighted by molar-refractivity contribution is 5.69. The fraction of sp³-hybridized carbons (Fsp3) is 0.836. The minimum atomic E-state index is -0.668. The zero-order valence-electron chi connectivity index (χ0n) is 40.2. The van der Waals surface area contributed by atoms with Crippen LogP contribution in [0.15, 0.2) is 46.6 Å². The van der Waals surface area contributed by atoms with Gasteiger partial charge in [-0.15, -0.1) is 0 Å². The molecule has 0 saturated carbocycles. The van der Waals surface area contributed by atoms with E-state index in [1.54, 1.807) is 0 Å². The van der Waals surface area contributed by atoms with Gasteiger partial charge in [0.15, 0.2) is 0 Å². The van der Waals surface area contributed by atoms with Crippen LogP contribution in [0.1, 0.15) is 272 Å². The van der Waals surface area contributed by atoms with Crippen LogP contribution in [0.25, 0.3) is 0 Å². The molecule has 1 aliphatic carbocycles. The Morgan fingerprint density at radius 2 is 1.05 bits per heavy atom. The molecule has 59 heavy (non-hydrogen) atoms. The Morgan fingerprint density at radius 3 is 1.51 bits per heavy atom. The molecule has 4 nitrogen and oxygen atoms in total. The van der Waals surface area contributed by atoms with Gasteiger partial charge in [-0.2, -0.15) is 0 Å². The van der Waals surface area contributed by atoms with E-state index in [0.29, 0.717) is 19.6 Å². The van der Waals surface area contributed by atoms with Crippen LogP contribution in [0, 0.1) is 5.92 Å². The summed E-state index contributed by atoms with van der Waals surface area (Å²) in [5, 5.41) is 20.3. The van der Waals surface area contributed by atoms with Crippen molar-refractivity contribution in [1.29, 1.82) is 0 Å². The van der Waals surface area contributed by atoms with Crippen LogP contribution in [0.5, 0.6) is 0 Å². The summed E-state index contributed by atoms with van der Waals surface area (Å²) in [5.41, 5.74) is 4.68. The summed E-state index contributed by atoms with van der Waals surface area (Å²) in [5.74, 6) is 0.214. The van der Waals surface area contributed by atoms with E-state index in [4.69, 9.17) is 9.84 Å². The molecule has 2 unspecified atom stereocenters. The molecular formula is C55H100O4. The maximum absolute atomic E-state index is 12.6. The molecule has 0 saturated heterocycles. The third-order valence-electron chi connectivity index (χ3n) is 13.1. The van der Waals surface area contributed by atoms with Gasteiger partial charge in [0.25, 0.3) is 0 Å². The van der Waals surface area contributed by atoms with E-state index in [2.05, 4.69) is 52.0 Å². The number of hydrogen-bond acceptors (Lipinski definition) is 4. The number of esters is 1. The van der Waals surface area contributed by atoms with Crippen LogP contribution in [0.3, 0.4) is 0 Å². The van der Waals surface area contributed by atoms with Gasteiger partial charge in [-0.3, -0.25) is 4.79 Å². The molecule has 1 aliphatic rings. The summed E-state index contributed by atoms with van der Waals surface area (Å²) < 4.78 is 5.79. The van der Waals surface area contributed by atoms with Gasteiger partial charge < -0.3 is 14.9 Å². The van der Waals surface area contributed by atoms with Crippen molar-refractivity contribution in [2.45, 2.75) is 278 Å². The fourth-order valence-electron chi connectivity index (χ4n) is 8.78. The van der Waals surface area contributed by atoms with Crippen molar-refractivity contribution in [3.05, 3.63) is 46.6 Å². The van der Waals surface area contributed by atoms with Crippen molar-refractivity contribution in [3.8, 4) is 0 Å². The second-order valence-corrected chi connectivity index (χ2v) is 19.4. The maximum Gasteiger partial charge on any atom is 0.306 e. The first-order valence-corrected chi connectivity index (χ1v) is 25.8. The predicted molar refractivity (Wildman–Crippen MR) is 258 cm³/mol. The second kappa shape index (κ2) is 39.2. The van der Waals surface area contributed by atoms with Crippen molar-refractivity contribution >= 4 is 5.97 Å². The van der Waals surface area contributed by atoms with Crippen LogP contribution < -0.4 is 0 Å². The summed E-state index contributed by atoms with van der Waals surface area (Å²) in [6.07, 6.45) is 54.8. The van der Waals surface area contributed by atoms with Gasteiger partial charge in [-0.05, 0) is 117 Å². The SMILES string of the molecule is CC(C)=CCCC(C)(O)C1C/C=C(/C)CC/C=C(\COC(=O)CCCCCCCCCCCCCCCCCCCCCCCCCCCCCO)CC/C=C(\C)CC1. The zero-order valence-corrected chi connectivity index (χ0v) is 40.2. The molecule has 2 N–H and O–H groups in total. The first-order chi connectivity index (χ1) is 28.6. The van der Waals surface area contributed by atoms with E-state index in [-0.39, 0.29) is 11.9 Å². The first kappa shape index (κ1) is 55.4. The van der Waals surface area contributed by atoms with Crippen LogP contribution >= 0.6 is 0 Å². The molecule has 0 fully saturated rings. The number of aliphatic hydroxyl groups excluding tert-OH is 1. The van der Waals surface area contributed by atoms with Gasteiger partial charge in [0.2, 0.25) is 0 Å². The Balaban J connectivity index is 2.04. The monoisotopic (exact) mass is 825 g/mol. The van der Waals surface area contributed by atoms with E-state index in [1.165, 1.54) is 176 Å². The van der Waals surface area contributed by atoms with Gasteiger partial charge in [0.05, 0.1) is 5.60 Å². The standard InChI is InChI=1S/C55H100O4/c1-49(2)36-35-46-55(5,58)53-44-42-50(3)37-33-39-52(40-34-38-51(4)43-45-53)48-59-54(57)41-31-29-27-25-23-21-19-17-15-13-11-9-7-6-8-10-12-14-16-18-20-22-24-26-28-30-32-47-56/h36-37,40,43,53,56,58H,6-35,38-39,41-42,44-48H2,1-5H3/b50-37+,51-43-,52-40-. The van der Waals surface area contributed by atoms with Crippen molar-refractivity contribution in [2.75, 3.05) is 13.2 Å². The Kier molecular flexibility index (Phi) is 36.8. The summed E-state index contributed by atoms with van der Waals surface area (Å²) in [6, 6.07) is 0. The van der Waals surface area contributed by atoms with Crippen LogP contribution in [-0.2, 0) is 9.53 Å². The number of unbranched alkanes of at least 4 members (excludes halogenated alkanes) is 26. The second-order valence-electron chi connectivity index (χ2n) is 19.4. The quantitative estimate of drug-likeness (QED) is 0.0379. The molecule has 0 radical (unpaired) electrons. The van der Waals surface area contributed by atoms with E-state index in [9.17, 15) is 9.90 Å². The predicted octanol–water partition coefficient (Wildman–Crippen LogP) is 17.1. The fourth-order valence-corrected chi connectivity index (χ4v) is 8.78. The van der Waals surface area contributed by atoms with Crippen molar-refractivity contribution in [2.24, 2.45) is 5.92 Å². The lowest BCUT2D eigenvalue weighted by Crippen LogP contribution is -2.34. The van der Waals surface area contributed by atoms with Crippen molar-refractivity contribution in [3.63, 3.8) is 0 Å². The topological polar surface area (TPSA) is 66.8 Å².